The molecule has 0 fully saturated rings. The van der Waals surface area contributed by atoms with Crippen LogP contribution in [0.25, 0.3) is 0 Å². The molecule has 0 atom stereocenters. The highest BCUT2D eigenvalue weighted by atomic mass is 35.5. The number of rotatable bonds is 2. The van der Waals surface area contributed by atoms with E-state index >= 15 is 0 Å². The summed E-state index contributed by atoms with van der Waals surface area (Å²) in [5.41, 5.74) is 0.0678. The highest BCUT2D eigenvalue weighted by molar-refractivity contribution is 6.53. The fourth-order valence-electron chi connectivity index (χ4n) is 0.429. The van der Waals surface area contributed by atoms with Crippen LogP contribution in [0.3, 0.4) is 0 Å². The van der Waals surface area contributed by atoms with Gasteiger partial charge in [0.05, 0.1) is 0 Å². The van der Waals surface area contributed by atoms with E-state index in [1.165, 1.54) is 0 Å². The summed E-state index contributed by atoms with van der Waals surface area (Å²) in [4.78, 5) is 9.85. The molecule has 0 bridgehead atoms. The van der Waals surface area contributed by atoms with Crippen LogP contribution in [0.15, 0.2) is 0 Å². The molecule has 0 aromatic rings. The Morgan fingerprint density at radius 2 is 1.91 bits per heavy atom. The number of carbonyl (C=O) groups excluding carboxylic acids is 1. The third-order valence-electron chi connectivity index (χ3n) is 0.991. The lowest BCUT2D eigenvalue weighted by atomic mass is 9.97. The number of alkyl halides is 2. The van der Waals surface area contributed by atoms with Crippen LogP contribution in [0.1, 0.15) is 20.8 Å². The van der Waals surface area contributed by atoms with Crippen molar-refractivity contribution in [2.45, 2.75) is 25.6 Å². The molecule has 0 aromatic carbocycles. The average molecular weight is 198 g/mol. The quantitative estimate of drug-likeness (QED) is 0.675. The molecule has 0 saturated carbocycles. The van der Waals surface area contributed by atoms with Crippen molar-refractivity contribution < 1.29 is 4.79 Å². The number of hydrogen-bond donors (Lipinski definition) is 1. The van der Waals surface area contributed by atoms with Crippen molar-refractivity contribution in [1.29, 1.82) is 0 Å². The summed E-state index contributed by atoms with van der Waals surface area (Å²) in [6.07, 6.45) is 0. The molecule has 0 rings (SSSR count). The van der Waals surface area contributed by atoms with Crippen molar-refractivity contribution in [3.05, 3.63) is 0 Å². The van der Waals surface area contributed by atoms with E-state index < -0.39 is 4.84 Å². The van der Waals surface area contributed by atoms with Crippen LogP contribution < -0.4 is 5.32 Å². The van der Waals surface area contributed by atoms with Gasteiger partial charge in [-0.25, -0.2) is 0 Å². The Hall–Kier alpha value is 0.0500. The van der Waals surface area contributed by atoms with Gasteiger partial charge in [-0.15, -0.1) is 0 Å². The van der Waals surface area contributed by atoms with Gasteiger partial charge in [-0.05, 0) is 5.41 Å². The summed E-state index contributed by atoms with van der Waals surface area (Å²) >= 11 is 10.6. The summed E-state index contributed by atoms with van der Waals surface area (Å²) in [6, 6.07) is 0. The Morgan fingerprint density at radius 1 is 1.45 bits per heavy atom. The van der Waals surface area contributed by atoms with Crippen molar-refractivity contribution in [3.63, 3.8) is 0 Å². The first kappa shape index (κ1) is 11.1. The maximum Gasteiger partial charge on any atom is 0.253 e. The molecule has 1 amide bonds. The molecule has 4 heteroatoms. The number of halogens is 2. The van der Waals surface area contributed by atoms with Crippen LogP contribution in [0, 0.1) is 5.41 Å². The Balaban J connectivity index is 3.64. The van der Waals surface area contributed by atoms with Crippen molar-refractivity contribution in [3.8, 4) is 0 Å². The summed E-state index contributed by atoms with van der Waals surface area (Å²) < 4.78 is 0. The Kier molecular flexibility index (Phi) is 4.19. The van der Waals surface area contributed by atoms with Gasteiger partial charge in [0.2, 0.25) is 0 Å². The standard InChI is InChI=1S/C7H13Cl2NO/c1-7(2,3)4-10-6(11)5(8)9/h5H,4H2,1-3H3,(H,10,11). The molecule has 0 heterocycles. The molecule has 0 aromatic heterocycles. The SMILES string of the molecule is CC(C)(C)CNC(=O)C(Cl)Cl. The van der Waals surface area contributed by atoms with Gasteiger partial charge in [0.1, 0.15) is 0 Å². The van der Waals surface area contributed by atoms with Gasteiger partial charge in [-0.1, -0.05) is 44.0 Å². The summed E-state index contributed by atoms with van der Waals surface area (Å²) in [6.45, 7) is 6.64. The molecule has 0 spiro atoms. The van der Waals surface area contributed by atoms with Gasteiger partial charge >= 0.3 is 0 Å². The predicted octanol–water partition coefficient (Wildman–Crippen LogP) is 1.95. The van der Waals surface area contributed by atoms with Crippen LogP contribution in [-0.4, -0.2) is 17.3 Å². The zero-order chi connectivity index (χ0) is 9.07. The fraction of sp³-hybridized carbons (Fsp3) is 0.857. The third kappa shape index (κ3) is 6.45. The average Bonchev–Trinajstić information content (AvgIpc) is 1.80. The van der Waals surface area contributed by atoms with Gasteiger partial charge < -0.3 is 5.32 Å². The smallest absolute Gasteiger partial charge is 0.253 e. The zero-order valence-corrected chi connectivity index (χ0v) is 8.46. The topological polar surface area (TPSA) is 29.1 Å². The van der Waals surface area contributed by atoms with Crippen molar-refractivity contribution in [1.82, 2.24) is 5.32 Å². The lowest BCUT2D eigenvalue weighted by molar-refractivity contribution is -0.119. The molecular weight excluding hydrogens is 185 g/mol. The summed E-state index contributed by atoms with van der Waals surface area (Å²) in [5, 5.41) is 2.62. The molecular formula is C7H13Cl2NO. The van der Waals surface area contributed by atoms with Gasteiger partial charge in [0.15, 0.2) is 4.84 Å². The van der Waals surface area contributed by atoms with E-state index in [1.807, 2.05) is 20.8 Å². The summed E-state index contributed by atoms with van der Waals surface area (Å²) in [7, 11) is 0. The lowest BCUT2D eigenvalue weighted by Crippen LogP contribution is -2.35. The van der Waals surface area contributed by atoms with Crippen LogP contribution in [0.5, 0.6) is 0 Å². The van der Waals surface area contributed by atoms with Crippen LogP contribution >= 0.6 is 23.2 Å². The fourth-order valence-corrected chi connectivity index (χ4v) is 0.584. The molecule has 0 aliphatic carbocycles. The minimum absolute atomic E-state index is 0.0678. The highest BCUT2D eigenvalue weighted by Gasteiger charge is 2.15. The number of hydrogen-bond acceptors (Lipinski definition) is 1. The Bertz CT molecular complexity index is 140. The molecule has 0 radical (unpaired) electrons. The first-order chi connectivity index (χ1) is 4.83. The second kappa shape index (κ2) is 4.17. The van der Waals surface area contributed by atoms with Crippen LogP contribution in [-0.2, 0) is 4.79 Å². The molecule has 66 valence electrons. The Labute approximate surface area is 77.2 Å². The van der Waals surface area contributed by atoms with E-state index in [-0.39, 0.29) is 11.3 Å². The predicted molar refractivity (Wildman–Crippen MR) is 48.0 cm³/mol. The van der Waals surface area contributed by atoms with Crippen molar-refractivity contribution in [2.75, 3.05) is 6.54 Å². The lowest BCUT2D eigenvalue weighted by Gasteiger charge is -2.18. The molecule has 0 saturated heterocycles. The molecule has 0 aliphatic rings. The maximum atomic E-state index is 10.8. The van der Waals surface area contributed by atoms with E-state index in [1.54, 1.807) is 0 Å². The van der Waals surface area contributed by atoms with E-state index in [4.69, 9.17) is 23.2 Å². The number of amides is 1. The number of nitrogens with one attached hydrogen (secondary N) is 1. The maximum absolute atomic E-state index is 10.8. The van der Waals surface area contributed by atoms with Crippen molar-refractivity contribution in [2.24, 2.45) is 5.41 Å². The second-order valence-electron chi connectivity index (χ2n) is 3.58. The zero-order valence-electron chi connectivity index (χ0n) is 6.95. The number of carbonyl (C=O) groups is 1. The van der Waals surface area contributed by atoms with E-state index in [9.17, 15) is 4.79 Å². The third-order valence-corrected chi connectivity index (χ3v) is 1.39. The Morgan fingerprint density at radius 3 is 2.18 bits per heavy atom. The molecule has 2 nitrogen and oxygen atoms in total. The van der Waals surface area contributed by atoms with E-state index in [0.29, 0.717) is 6.54 Å². The van der Waals surface area contributed by atoms with Crippen LogP contribution in [0.2, 0.25) is 0 Å². The van der Waals surface area contributed by atoms with E-state index in [2.05, 4.69) is 5.32 Å². The highest BCUT2D eigenvalue weighted by Crippen LogP contribution is 2.11. The van der Waals surface area contributed by atoms with Gasteiger partial charge in [0.25, 0.3) is 5.91 Å². The molecule has 1 N–H and O–H groups in total. The largest absolute Gasteiger partial charge is 0.353 e. The molecule has 0 aliphatic heterocycles. The van der Waals surface area contributed by atoms with Gasteiger partial charge in [-0.2, -0.15) is 0 Å². The minimum atomic E-state index is -0.961. The van der Waals surface area contributed by atoms with Crippen LogP contribution in [0.4, 0.5) is 0 Å². The summed E-state index contributed by atoms with van der Waals surface area (Å²) in [5.74, 6) is -0.330. The molecule has 11 heavy (non-hydrogen) atoms. The minimum Gasteiger partial charge on any atom is -0.353 e. The molecule has 0 unspecified atom stereocenters. The first-order valence-electron chi connectivity index (χ1n) is 3.39. The van der Waals surface area contributed by atoms with Gasteiger partial charge in [0, 0.05) is 6.54 Å². The second-order valence-corrected chi connectivity index (χ2v) is 4.68. The van der Waals surface area contributed by atoms with Gasteiger partial charge in [-0.3, -0.25) is 4.79 Å². The van der Waals surface area contributed by atoms with E-state index in [0.717, 1.165) is 0 Å². The van der Waals surface area contributed by atoms with Crippen molar-refractivity contribution >= 4 is 29.1 Å². The monoisotopic (exact) mass is 197 g/mol. The first-order valence-corrected chi connectivity index (χ1v) is 4.26. The normalized spacial score (nSPS) is 11.8.